The number of nitrogens with one attached hydrogen (secondary N) is 1. The zero-order valence-electron chi connectivity index (χ0n) is 10.7. The Kier molecular flexibility index (Phi) is 3.96. The fourth-order valence-electron chi connectivity index (χ4n) is 1.57. The largest absolute Gasteiger partial charge is 0.483 e. The molecule has 1 saturated carbocycles. The molecule has 1 heterocycles. The van der Waals surface area contributed by atoms with Gasteiger partial charge in [-0.25, -0.2) is 0 Å². The third-order valence-corrected chi connectivity index (χ3v) is 2.81. The average Bonchev–Trinajstić information content (AvgIpc) is 3.18. The van der Waals surface area contributed by atoms with Crippen LogP contribution in [0.2, 0.25) is 0 Å². The minimum absolute atomic E-state index is 0.0285. The highest BCUT2D eigenvalue weighted by molar-refractivity contribution is 5.38. The number of pyridine rings is 1. The number of nitrogens with zero attached hydrogens (tertiary/aromatic N) is 2. The molecule has 1 atom stereocenters. The summed E-state index contributed by atoms with van der Waals surface area (Å²) in [6, 6.07) is 3.51. The van der Waals surface area contributed by atoms with E-state index in [-0.39, 0.29) is 18.2 Å². The summed E-state index contributed by atoms with van der Waals surface area (Å²) < 4.78 is 5.32. The Morgan fingerprint density at radius 3 is 3.05 bits per heavy atom. The molecule has 2 N–H and O–H groups in total. The SMILES string of the molecule is CC(O)(CNC1CC1)COc1cccnc1[N+](=O)[O-]. The van der Waals surface area contributed by atoms with E-state index in [0.717, 1.165) is 12.8 Å². The van der Waals surface area contributed by atoms with Crippen LogP contribution >= 0.6 is 0 Å². The van der Waals surface area contributed by atoms with E-state index >= 15 is 0 Å². The zero-order valence-corrected chi connectivity index (χ0v) is 10.7. The second-order valence-electron chi connectivity index (χ2n) is 5.02. The summed E-state index contributed by atoms with van der Waals surface area (Å²) in [6.45, 7) is 2.00. The minimum Gasteiger partial charge on any atom is -0.483 e. The van der Waals surface area contributed by atoms with Crippen LogP contribution in [0.15, 0.2) is 18.3 Å². The third kappa shape index (κ3) is 4.15. The molecule has 0 bridgehead atoms. The Hall–Kier alpha value is -1.73. The zero-order chi connectivity index (χ0) is 13.9. The quantitative estimate of drug-likeness (QED) is 0.562. The predicted molar refractivity (Wildman–Crippen MR) is 68.0 cm³/mol. The van der Waals surface area contributed by atoms with E-state index in [2.05, 4.69) is 10.3 Å². The van der Waals surface area contributed by atoms with Crippen LogP contribution in [0, 0.1) is 10.1 Å². The minimum atomic E-state index is -1.08. The molecule has 0 aliphatic heterocycles. The normalized spacial score (nSPS) is 17.8. The first kappa shape index (κ1) is 13.7. The van der Waals surface area contributed by atoms with Gasteiger partial charge in [0.05, 0.1) is 0 Å². The number of aliphatic hydroxyl groups is 1. The Bertz CT molecular complexity index is 460. The molecule has 1 aromatic heterocycles. The van der Waals surface area contributed by atoms with Gasteiger partial charge in [0, 0.05) is 12.6 Å². The van der Waals surface area contributed by atoms with Crippen LogP contribution in [0.1, 0.15) is 19.8 Å². The molecule has 19 heavy (non-hydrogen) atoms. The maximum absolute atomic E-state index is 10.8. The first-order valence-electron chi connectivity index (χ1n) is 6.16. The highest BCUT2D eigenvalue weighted by Gasteiger charge is 2.28. The molecule has 0 saturated heterocycles. The van der Waals surface area contributed by atoms with Gasteiger partial charge in [0.15, 0.2) is 0 Å². The number of hydrogen-bond acceptors (Lipinski definition) is 6. The topological polar surface area (TPSA) is 97.5 Å². The summed E-state index contributed by atoms with van der Waals surface area (Å²) in [5, 5.41) is 24.1. The predicted octanol–water partition coefficient (Wildman–Crippen LogP) is 0.872. The molecular formula is C12H17N3O4. The molecule has 7 heteroatoms. The summed E-state index contributed by atoms with van der Waals surface area (Å²) in [7, 11) is 0. The van der Waals surface area contributed by atoms with Crippen molar-refractivity contribution in [3.05, 3.63) is 28.4 Å². The van der Waals surface area contributed by atoms with Crippen molar-refractivity contribution in [1.82, 2.24) is 10.3 Å². The fraction of sp³-hybridized carbons (Fsp3) is 0.583. The molecule has 1 aromatic rings. The first-order chi connectivity index (χ1) is 8.98. The van der Waals surface area contributed by atoms with E-state index in [1.165, 1.54) is 12.3 Å². The van der Waals surface area contributed by atoms with Crippen LogP contribution in [0.25, 0.3) is 0 Å². The molecule has 0 spiro atoms. The molecule has 0 amide bonds. The molecule has 0 radical (unpaired) electrons. The molecule has 2 rings (SSSR count). The van der Waals surface area contributed by atoms with Gasteiger partial charge in [-0.15, -0.1) is 0 Å². The summed E-state index contributed by atoms with van der Waals surface area (Å²) >= 11 is 0. The maximum atomic E-state index is 10.8. The van der Waals surface area contributed by atoms with Gasteiger partial charge in [-0.3, -0.25) is 0 Å². The Balaban J connectivity index is 1.91. The van der Waals surface area contributed by atoms with E-state index in [0.29, 0.717) is 12.6 Å². The van der Waals surface area contributed by atoms with Gasteiger partial charge in [-0.2, -0.15) is 0 Å². The van der Waals surface area contributed by atoms with Gasteiger partial charge in [0.25, 0.3) is 0 Å². The van der Waals surface area contributed by atoms with E-state index in [1.54, 1.807) is 13.0 Å². The highest BCUT2D eigenvalue weighted by Crippen LogP contribution is 2.24. The van der Waals surface area contributed by atoms with E-state index in [4.69, 9.17) is 4.74 Å². The van der Waals surface area contributed by atoms with Gasteiger partial charge in [-0.1, -0.05) is 0 Å². The second kappa shape index (κ2) is 5.50. The molecule has 1 aliphatic carbocycles. The molecule has 0 aromatic carbocycles. The smallest absolute Gasteiger partial charge is 0.406 e. The average molecular weight is 267 g/mol. The molecule has 1 fully saturated rings. The van der Waals surface area contributed by atoms with Gasteiger partial charge in [-0.05, 0) is 41.8 Å². The van der Waals surface area contributed by atoms with Crippen LogP contribution in [0.4, 0.5) is 5.82 Å². The number of hydrogen-bond donors (Lipinski definition) is 2. The van der Waals surface area contributed by atoms with Gasteiger partial charge in [0.1, 0.15) is 18.4 Å². The van der Waals surface area contributed by atoms with E-state index in [9.17, 15) is 15.2 Å². The van der Waals surface area contributed by atoms with E-state index in [1.807, 2.05) is 0 Å². The van der Waals surface area contributed by atoms with Crippen molar-refractivity contribution in [1.29, 1.82) is 0 Å². The van der Waals surface area contributed by atoms with Crippen LogP contribution in [0.3, 0.4) is 0 Å². The molecule has 104 valence electrons. The number of rotatable bonds is 7. The lowest BCUT2D eigenvalue weighted by atomic mass is 10.1. The highest BCUT2D eigenvalue weighted by atomic mass is 16.6. The summed E-state index contributed by atoms with van der Waals surface area (Å²) in [5.74, 6) is -0.271. The van der Waals surface area contributed by atoms with Crippen LogP contribution < -0.4 is 10.1 Å². The summed E-state index contributed by atoms with van der Waals surface area (Å²) in [6.07, 6.45) is 3.59. The van der Waals surface area contributed by atoms with Crippen molar-refractivity contribution >= 4 is 5.82 Å². The lowest BCUT2D eigenvalue weighted by Crippen LogP contribution is -2.43. The van der Waals surface area contributed by atoms with Gasteiger partial charge >= 0.3 is 5.82 Å². The van der Waals surface area contributed by atoms with Crippen LogP contribution in [-0.4, -0.2) is 39.8 Å². The number of ether oxygens (including phenoxy) is 1. The standard InChI is InChI=1S/C12H17N3O4/c1-12(16,7-14-9-4-5-9)8-19-10-3-2-6-13-11(10)15(17)18/h2-3,6,9,14,16H,4-5,7-8H2,1H3. The summed E-state index contributed by atoms with van der Waals surface area (Å²) in [4.78, 5) is 13.8. The molecular weight excluding hydrogens is 250 g/mol. The van der Waals surface area contributed by atoms with Crippen LogP contribution in [0.5, 0.6) is 5.75 Å². The van der Waals surface area contributed by atoms with Gasteiger partial charge < -0.3 is 25.3 Å². The third-order valence-electron chi connectivity index (χ3n) is 2.81. The Morgan fingerprint density at radius 2 is 2.42 bits per heavy atom. The van der Waals surface area contributed by atoms with Crippen molar-refractivity contribution in [3.8, 4) is 5.75 Å². The molecule has 1 aliphatic rings. The first-order valence-corrected chi connectivity index (χ1v) is 6.16. The van der Waals surface area contributed by atoms with E-state index < -0.39 is 10.5 Å². The van der Waals surface area contributed by atoms with Crippen LogP contribution in [-0.2, 0) is 0 Å². The Morgan fingerprint density at radius 1 is 1.68 bits per heavy atom. The number of nitro groups is 1. The lowest BCUT2D eigenvalue weighted by Gasteiger charge is -2.23. The lowest BCUT2D eigenvalue weighted by molar-refractivity contribution is -0.390. The molecule has 1 unspecified atom stereocenters. The monoisotopic (exact) mass is 267 g/mol. The van der Waals surface area contributed by atoms with Gasteiger partial charge in [0.2, 0.25) is 5.75 Å². The number of aromatic nitrogens is 1. The maximum Gasteiger partial charge on any atom is 0.406 e. The van der Waals surface area contributed by atoms with Crippen molar-refractivity contribution in [2.24, 2.45) is 0 Å². The van der Waals surface area contributed by atoms with Crippen molar-refractivity contribution in [3.63, 3.8) is 0 Å². The molecule has 7 nitrogen and oxygen atoms in total. The van der Waals surface area contributed by atoms with Crippen molar-refractivity contribution in [2.75, 3.05) is 13.2 Å². The summed E-state index contributed by atoms with van der Waals surface area (Å²) in [5.41, 5.74) is -1.08. The van der Waals surface area contributed by atoms with Crippen molar-refractivity contribution < 1.29 is 14.8 Å². The van der Waals surface area contributed by atoms with Crippen molar-refractivity contribution in [2.45, 2.75) is 31.4 Å². The fourth-order valence-corrected chi connectivity index (χ4v) is 1.57. The second-order valence-corrected chi connectivity index (χ2v) is 5.02. The Labute approximate surface area is 110 Å².